The van der Waals surface area contributed by atoms with Gasteiger partial charge in [0.05, 0.1) is 0 Å². The van der Waals surface area contributed by atoms with E-state index < -0.39 is 0 Å². The van der Waals surface area contributed by atoms with Crippen LogP contribution in [0.4, 0.5) is 0 Å². The molecule has 0 aliphatic heterocycles. The normalized spacial score (nSPS) is 10.8. The van der Waals surface area contributed by atoms with Crippen LogP contribution in [0.2, 0.25) is 0 Å². The molecular formula is C12H12ClNO. The van der Waals surface area contributed by atoms with Crippen molar-refractivity contribution >= 4 is 22.5 Å². The third-order valence-electron chi connectivity index (χ3n) is 2.45. The van der Waals surface area contributed by atoms with Crippen LogP contribution in [0.1, 0.15) is 11.1 Å². The van der Waals surface area contributed by atoms with Crippen LogP contribution in [0.15, 0.2) is 29.1 Å². The number of alkyl halides is 1. The minimum atomic E-state index is -0.0635. The van der Waals surface area contributed by atoms with Gasteiger partial charge in [-0.05, 0) is 31.0 Å². The number of H-pyrrole nitrogens is 1. The molecule has 1 N–H and O–H groups in total. The van der Waals surface area contributed by atoms with Crippen LogP contribution in [0, 0.1) is 6.92 Å². The monoisotopic (exact) mass is 221 g/mol. The Balaban J connectivity index is 2.75. The Kier molecular flexibility index (Phi) is 2.78. The average Bonchev–Trinajstić information content (AvgIpc) is 2.19. The number of aromatic amines is 1. The van der Waals surface area contributed by atoms with E-state index >= 15 is 0 Å². The van der Waals surface area contributed by atoms with Crippen molar-refractivity contribution < 1.29 is 0 Å². The summed E-state index contributed by atoms with van der Waals surface area (Å²) in [5.74, 6) is 0.534. The summed E-state index contributed by atoms with van der Waals surface area (Å²) in [6.45, 7) is 2.04. The predicted octanol–water partition coefficient (Wildman–Crippen LogP) is 2.62. The van der Waals surface area contributed by atoms with Crippen molar-refractivity contribution in [2.45, 2.75) is 13.3 Å². The van der Waals surface area contributed by atoms with E-state index in [-0.39, 0.29) is 5.56 Å². The summed E-state index contributed by atoms with van der Waals surface area (Å²) < 4.78 is 0. The van der Waals surface area contributed by atoms with Crippen LogP contribution in [0.5, 0.6) is 0 Å². The number of aromatic nitrogens is 1. The number of hydrogen-bond acceptors (Lipinski definition) is 1. The highest BCUT2D eigenvalue weighted by Gasteiger charge is 2.02. The summed E-state index contributed by atoms with van der Waals surface area (Å²) >= 11 is 5.72. The molecule has 1 heterocycles. The fraction of sp³-hybridized carbons (Fsp3) is 0.250. The van der Waals surface area contributed by atoms with Crippen LogP contribution in [-0.4, -0.2) is 10.9 Å². The molecule has 0 spiro atoms. The minimum Gasteiger partial charge on any atom is -0.322 e. The molecule has 1 aromatic carbocycles. The molecule has 0 unspecified atom stereocenters. The Morgan fingerprint density at radius 3 is 2.87 bits per heavy atom. The molecule has 0 aliphatic rings. The van der Waals surface area contributed by atoms with Crippen LogP contribution >= 0.6 is 11.6 Å². The van der Waals surface area contributed by atoms with E-state index in [0.717, 1.165) is 22.9 Å². The molecule has 0 saturated carbocycles. The van der Waals surface area contributed by atoms with Gasteiger partial charge in [-0.15, -0.1) is 11.6 Å². The van der Waals surface area contributed by atoms with Crippen LogP contribution < -0.4 is 5.56 Å². The molecule has 0 radical (unpaired) electrons. The molecule has 3 heteroatoms. The lowest BCUT2D eigenvalue weighted by Crippen LogP contribution is -2.07. The number of nitrogens with one attached hydrogen (secondary N) is 1. The third kappa shape index (κ3) is 2.05. The Hall–Kier alpha value is -1.28. The fourth-order valence-electron chi connectivity index (χ4n) is 1.75. The quantitative estimate of drug-likeness (QED) is 0.777. The molecule has 0 bridgehead atoms. The molecule has 2 rings (SSSR count). The maximum absolute atomic E-state index is 11.4. The molecule has 0 saturated heterocycles. The molecule has 0 atom stereocenters. The third-order valence-corrected chi connectivity index (χ3v) is 2.64. The first-order chi connectivity index (χ1) is 7.20. The van der Waals surface area contributed by atoms with Gasteiger partial charge in [0.2, 0.25) is 5.56 Å². The highest BCUT2D eigenvalue weighted by Crippen LogP contribution is 2.17. The van der Waals surface area contributed by atoms with E-state index in [1.165, 1.54) is 5.56 Å². The summed E-state index contributed by atoms with van der Waals surface area (Å²) in [5, 5.41) is 1.09. The lowest BCUT2D eigenvalue weighted by molar-refractivity contribution is 1.14. The molecule has 15 heavy (non-hydrogen) atoms. The van der Waals surface area contributed by atoms with Gasteiger partial charge in [-0.25, -0.2) is 0 Å². The SMILES string of the molecule is Cc1ccc2[nH]c(=O)cc(CCCl)c2c1. The second-order valence-electron chi connectivity index (χ2n) is 3.65. The molecule has 0 fully saturated rings. The largest absolute Gasteiger partial charge is 0.322 e. The van der Waals surface area contributed by atoms with E-state index in [1.807, 2.05) is 19.1 Å². The lowest BCUT2D eigenvalue weighted by Gasteiger charge is -2.05. The Morgan fingerprint density at radius 2 is 2.13 bits per heavy atom. The number of hydrogen-bond donors (Lipinski definition) is 1. The van der Waals surface area contributed by atoms with E-state index in [4.69, 9.17) is 11.6 Å². The van der Waals surface area contributed by atoms with E-state index in [0.29, 0.717) is 5.88 Å². The molecule has 78 valence electrons. The molecule has 0 amide bonds. The zero-order valence-electron chi connectivity index (χ0n) is 8.51. The van der Waals surface area contributed by atoms with Gasteiger partial charge < -0.3 is 4.98 Å². The number of pyridine rings is 1. The highest BCUT2D eigenvalue weighted by molar-refractivity contribution is 6.18. The minimum absolute atomic E-state index is 0.0635. The van der Waals surface area contributed by atoms with Gasteiger partial charge in [-0.2, -0.15) is 0 Å². The first-order valence-corrected chi connectivity index (χ1v) is 5.42. The lowest BCUT2D eigenvalue weighted by atomic mass is 10.0. The molecule has 2 aromatic rings. The molecule has 1 aromatic heterocycles. The zero-order valence-corrected chi connectivity index (χ0v) is 9.27. The van der Waals surface area contributed by atoms with Gasteiger partial charge in [0.1, 0.15) is 0 Å². The second kappa shape index (κ2) is 4.07. The Morgan fingerprint density at radius 1 is 1.33 bits per heavy atom. The Bertz CT molecular complexity index is 545. The van der Waals surface area contributed by atoms with Crippen LogP contribution in [-0.2, 0) is 6.42 Å². The van der Waals surface area contributed by atoms with Gasteiger partial charge in [0.15, 0.2) is 0 Å². The topological polar surface area (TPSA) is 32.9 Å². The Labute approximate surface area is 92.9 Å². The van der Waals surface area contributed by atoms with Crippen molar-refractivity contribution in [2.75, 3.05) is 5.88 Å². The van der Waals surface area contributed by atoms with E-state index in [9.17, 15) is 4.79 Å². The highest BCUT2D eigenvalue weighted by atomic mass is 35.5. The van der Waals surface area contributed by atoms with Gasteiger partial charge in [0, 0.05) is 22.8 Å². The second-order valence-corrected chi connectivity index (χ2v) is 4.02. The summed E-state index contributed by atoms with van der Waals surface area (Å²) in [4.78, 5) is 14.2. The van der Waals surface area contributed by atoms with Crippen molar-refractivity contribution in [3.63, 3.8) is 0 Å². The van der Waals surface area contributed by atoms with Gasteiger partial charge >= 0.3 is 0 Å². The average molecular weight is 222 g/mol. The number of rotatable bonds is 2. The summed E-state index contributed by atoms with van der Waals surface area (Å²) in [5.41, 5.74) is 3.03. The standard InChI is InChI=1S/C12H12ClNO/c1-8-2-3-11-10(6-8)9(4-5-13)7-12(15)14-11/h2-3,6-7H,4-5H2,1H3,(H,14,15). The maximum Gasteiger partial charge on any atom is 0.248 e. The molecule has 0 aliphatic carbocycles. The van der Waals surface area contributed by atoms with Crippen LogP contribution in [0.3, 0.4) is 0 Å². The first kappa shape index (κ1) is 10.2. The van der Waals surface area contributed by atoms with Gasteiger partial charge in [0.25, 0.3) is 0 Å². The first-order valence-electron chi connectivity index (χ1n) is 4.89. The summed E-state index contributed by atoms with van der Waals surface area (Å²) in [7, 11) is 0. The van der Waals surface area contributed by atoms with Crippen molar-refractivity contribution in [1.82, 2.24) is 4.98 Å². The fourth-order valence-corrected chi connectivity index (χ4v) is 1.95. The van der Waals surface area contributed by atoms with Gasteiger partial charge in [-0.1, -0.05) is 11.6 Å². The molecule has 2 nitrogen and oxygen atoms in total. The predicted molar refractivity (Wildman–Crippen MR) is 63.7 cm³/mol. The number of fused-ring (bicyclic) bond motifs is 1. The van der Waals surface area contributed by atoms with Crippen molar-refractivity contribution in [2.24, 2.45) is 0 Å². The number of benzene rings is 1. The van der Waals surface area contributed by atoms with E-state index in [2.05, 4.69) is 11.1 Å². The number of halogens is 1. The summed E-state index contributed by atoms with van der Waals surface area (Å²) in [6.07, 6.45) is 0.728. The number of aryl methyl sites for hydroxylation is 2. The summed E-state index contributed by atoms with van der Waals surface area (Å²) in [6, 6.07) is 7.63. The zero-order chi connectivity index (χ0) is 10.8. The maximum atomic E-state index is 11.4. The van der Waals surface area contributed by atoms with Crippen LogP contribution in [0.25, 0.3) is 10.9 Å². The van der Waals surface area contributed by atoms with Gasteiger partial charge in [-0.3, -0.25) is 4.79 Å². The van der Waals surface area contributed by atoms with E-state index in [1.54, 1.807) is 6.07 Å². The van der Waals surface area contributed by atoms with Crippen molar-refractivity contribution in [3.8, 4) is 0 Å². The smallest absolute Gasteiger partial charge is 0.248 e. The van der Waals surface area contributed by atoms with Crippen molar-refractivity contribution in [3.05, 3.63) is 45.7 Å². The molecular weight excluding hydrogens is 210 g/mol. The van der Waals surface area contributed by atoms with Crippen molar-refractivity contribution in [1.29, 1.82) is 0 Å².